The van der Waals surface area contributed by atoms with Gasteiger partial charge in [-0.3, -0.25) is 0 Å². The SMILES string of the molecule is CC1(COC(N)=O)CCN(c2nnc(Br)c(N)n2)CC1. The van der Waals surface area contributed by atoms with Crippen molar-refractivity contribution in [1.29, 1.82) is 0 Å². The number of ether oxygens (including phenoxy) is 1. The van der Waals surface area contributed by atoms with Crippen molar-refractivity contribution in [2.24, 2.45) is 11.1 Å². The van der Waals surface area contributed by atoms with Crippen molar-refractivity contribution in [3.63, 3.8) is 0 Å². The zero-order valence-corrected chi connectivity index (χ0v) is 12.8. The summed E-state index contributed by atoms with van der Waals surface area (Å²) in [6, 6.07) is 0. The highest BCUT2D eigenvalue weighted by Crippen LogP contribution is 2.32. The minimum absolute atomic E-state index is 0.0696. The fourth-order valence-electron chi connectivity index (χ4n) is 2.09. The third kappa shape index (κ3) is 3.47. The zero-order valence-electron chi connectivity index (χ0n) is 11.2. The Morgan fingerprint density at radius 2 is 2.10 bits per heavy atom. The highest BCUT2D eigenvalue weighted by Gasteiger charge is 2.32. The molecule has 0 radical (unpaired) electrons. The molecule has 1 aliphatic heterocycles. The van der Waals surface area contributed by atoms with Crippen molar-refractivity contribution < 1.29 is 9.53 Å². The molecule has 0 aliphatic carbocycles. The maximum Gasteiger partial charge on any atom is 0.404 e. The highest BCUT2D eigenvalue weighted by molar-refractivity contribution is 9.10. The molecule has 1 amide bonds. The van der Waals surface area contributed by atoms with E-state index in [9.17, 15) is 4.79 Å². The topological polar surface area (TPSA) is 120 Å². The number of rotatable bonds is 3. The van der Waals surface area contributed by atoms with E-state index in [2.05, 4.69) is 38.0 Å². The van der Waals surface area contributed by atoms with Gasteiger partial charge >= 0.3 is 6.09 Å². The molecule has 0 unspecified atom stereocenters. The smallest absolute Gasteiger partial charge is 0.404 e. The van der Waals surface area contributed by atoms with Crippen molar-refractivity contribution in [2.45, 2.75) is 19.8 Å². The first kappa shape index (κ1) is 14.8. The Morgan fingerprint density at radius 1 is 1.45 bits per heavy atom. The molecule has 110 valence electrons. The number of nitrogens with two attached hydrogens (primary N) is 2. The molecule has 1 fully saturated rings. The Morgan fingerprint density at radius 3 is 2.65 bits per heavy atom. The van der Waals surface area contributed by atoms with Crippen molar-refractivity contribution in [3.8, 4) is 0 Å². The number of hydrogen-bond donors (Lipinski definition) is 2. The van der Waals surface area contributed by atoms with Crippen molar-refractivity contribution in [3.05, 3.63) is 4.60 Å². The average molecular weight is 345 g/mol. The summed E-state index contributed by atoms with van der Waals surface area (Å²) in [5.41, 5.74) is 10.6. The van der Waals surface area contributed by atoms with Crippen LogP contribution in [0.5, 0.6) is 0 Å². The van der Waals surface area contributed by atoms with Crippen LogP contribution < -0.4 is 16.4 Å². The molecule has 1 saturated heterocycles. The molecule has 0 aromatic carbocycles. The van der Waals surface area contributed by atoms with Gasteiger partial charge in [-0.25, -0.2) is 4.79 Å². The van der Waals surface area contributed by atoms with E-state index in [1.807, 2.05) is 4.90 Å². The third-order valence-corrected chi connectivity index (χ3v) is 4.04. The van der Waals surface area contributed by atoms with Crippen molar-refractivity contribution in [2.75, 3.05) is 30.3 Å². The van der Waals surface area contributed by atoms with E-state index in [4.69, 9.17) is 16.2 Å². The second-order valence-corrected chi connectivity index (χ2v) is 5.94. The molecular weight excluding hydrogens is 328 g/mol. The molecule has 8 nitrogen and oxygen atoms in total. The van der Waals surface area contributed by atoms with E-state index in [0.29, 0.717) is 23.0 Å². The first-order chi connectivity index (χ1) is 9.39. The van der Waals surface area contributed by atoms with Crippen LogP contribution in [-0.4, -0.2) is 41.0 Å². The van der Waals surface area contributed by atoms with Crippen LogP contribution in [0.2, 0.25) is 0 Å². The van der Waals surface area contributed by atoms with Crippen LogP contribution in [0, 0.1) is 5.41 Å². The Balaban J connectivity index is 1.96. The molecule has 0 saturated carbocycles. The zero-order chi connectivity index (χ0) is 14.8. The van der Waals surface area contributed by atoms with E-state index < -0.39 is 6.09 Å². The van der Waals surface area contributed by atoms with Gasteiger partial charge in [-0.05, 0) is 28.8 Å². The van der Waals surface area contributed by atoms with Gasteiger partial charge in [0.05, 0.1) is 6.61 Å². The van der Waals surface area contributed by atoms with Gasteiger partial charge in [0.25, 0.3) is 0 Å². The van der Waals surface area contributed by atoms with Crippen LogP contribution in [-0.2, 0) is 4.74 Å². The Labute approximate surface area is 125 Å². The number of anilines is 2. The van der Waals surface area contributed by atoms with Gasteiger partial charge in [0.2, 0.25) is 5.95 Å². The quantitative estimate of drug-likeness (QED) is 0.835. The fourth-order valence-corrected chi connectivity index (χ4v) is 2.25. The van der Waals surface area contributed by atoms with Gasteiger partial charge in [-0.15, -0.1) is 10.2 Å². The molecule has 1 aromatic heterocycles. The number of amides is 1. The fraction of sp³-hybridized carbons (Fsp3) is 0.636. The summed E-state index contributed by atoms with van der Waals surface area (Å²) in [5, 5.41) is 7.92. The highest BCUT2D eigenvalue weighted by atomic mass is 79.9. The van der Waals surface area contributed by atoms with Gasteiger partial charge in [0, 0.05) is 18.5 Å². The summed E-state index contributed by atoms with van der Waals surface area (Å²) in [5.74, 6) is 0.837. The van der Waals surface area contributed by atoms with Gasteiger partial charge < -0.3 is 21.1 Å². The molecule has 9 heteroatoms. The molecule has 20 heavy (non-hydrogen) atoms. The first-order valence-corrected chi connectivity index (χ1v) is 7.02. The number of carbonyl (C=O) groups excluding carboxylic acids is 1. The summed E-state index contributed by atoms with van der Waals surface area (Å²) < 4.78 is 5.35. The maximum absolute atomic E-state index is 10.7. The lowest BCUT2D eigenvalue weighted by molar-refractivity contribution is 0.0817. The number of piperidine rings is 1. The van der Waals surface area contributed by atoms with Gasteiger partial charge in [0.15, 0.2) is 10.4 Å². The van der Waals surface area contributed by atoms with Gasteiger partial charge in [-0.1, -0.05) is 6.92 Å². The summed E-state index contributed by atoms with van der Waals surface area (Å²) in [6.07, 6.45) is 0.959. The van der Waals surface area contributed by atoms with Crippen LogP contribution in [0.3, 0.4) is 0 Å². The van der Waals surface area contributed by atoms with Crippen LogP contribution >= 0.6 is 15.9 Å². The van der Waals surface area contributed by atoms with Gasteiger partial charge in [0.1, 0.15) is 0 Å². The van der Waals surface area contributed by atoms with Crippen LogP contribution in [0.1, 0.15) is 19.8 Å². The van der Waals surface area contributed by atoms with E-state index in [1.165, 1.54) is 0 Å². The number of carbonyl (C=O) groups is 1. The predicted octanol–water partition coefficient (Wildman–Crippen LogP) is 0.918. The second kappa shape index (κ2) is 5.78. The molecule has 0 bridgehead atoms. The molecule has 2 rings (SSSR count). The summed E-state index contributed by atoms with van der Waals surface area (Å²) >= 11 is 3.17. The lowest BCUT2D eigenvalue weighted by atomic mass is 9.81. The molecule has 1 aliphatic rings. The summed E-state index contributed by atoms with van der Waals surface area (Å²) in [7, 11) is 0. The van der Waals surface area contributed by atoms with E-state index in [-0.39, 0.29) is 5.41 Å². The van der Waals surface area contributed by atoms with Crippen LogP contribution in [0.4, 0.5) is 16.6 Å². The largest absolute Gasteiger partial charge is 0.449 e. The van der Waals surface area contributed by atoms with Gasteiger partial charge in [-0.2, -0.15) is 4.98 Å². The minimum atomic E-state index is -0.734. The maximum atomic E-state index is 10.7. The Bertz CT molecular complexity index is 504. The Kier molecular flexibility index (Phi) is 4.26. The number of nitrogens with zero attached hydrogens (tertiary/aromatic N) is 4. The first-order valence-electron chi connectivity index (χ1n) is 6.22. The standard InChI is InChI=1S/C11H17BrN6O2/c1-11(6-20-9(14)19)2-4-18(5-3-11)10-15-8(13)7(12)16-17-10/h2-6H2,1H3,(H2,14,19)(H2,13,15,17). The Hall–Kier alpha value is -1.64. The van der Waals surface area contributed by atoms with E-state index in [0.717, 1.165) is 25.9 Å². The summed E-state index contributed by atoms with van der Waals surface area (Å²) in [4.78, 5) is 16.9. The lowest BCUT2D eigenvalue weighted by Crippen LogP contribution is -2.42. The summed E-state index contributed by atoms with van der Waals surface area (Å²) in [6.45, 7) is 3.91. The molecule has 4 N–H and O–H groups in total. The molecule has 0 atom stereocenters. The number of aromatic nitrogens is 3. The number of halogens is 1. The molecule has 1 aromatic rings. The third-order valence-electron chi connectivity index (χ3n) is 3.48. The lowest BCUT2D eigenvalue weighted by Gasteiger charge is -2.38. The van der Waals surface area contributed by atoms with Crippen LogP contribution in [0.25, 0.3) is 0 Å². The average Bonchev–Trinajstić information content (AvgIpc) is 2.41. The number of primary amides is 1. The van der Waals surface area contributed by atoms with Crippen molar-refractivity contribution >= 4 is 33.8 Å². The van der Waals surface area contributed by atoms with E-state index in [1.54, 1.807) is 0 Å². The molecular formula is C11H17BrN6O2. The van der Waals surface area contributed by atoms with Crippen LogP contribution in [0.15, 0.2) is 4.60 Å². The van der Waals surface area contributed by atoms with Crippen molar-refractivity contribution in [1.82, 2.24) is 15.2 Å². The minimum Gasteiger partial charge on any atom is -0.449 e. The number of hydrogen-bond acceptors (Lipinski definition) is 7. The second-order valence-electron chi connectivity index (χ2n) is 5.19. The number of nitrogen functional groups attached to an aromatic ring is 1. The molecule has 2 heterocycles. The monoisotopic (exact) mass is 344 g/mol. The predicted molar refractivity (Wildman–Crippen MR) is 77.0 cm³/mol. The normalized spacial score (nSPS) is 17.8. The molecule has 0 spiro atoms. The van der Waals surface area contributed by atoms with E-state index >= 15 is 0 Å².